The molecule has 1 saturated heterocycles. The molecular formula is C29H42F3N3O4S. The van der Waals surface area contributed by atoms with Crippen LogP contribution < -0.4 is 10.0 Å². The van der Waals surface area contributed by atoms with Gasteiger partial charge in [-0.05, 0) is 75.3 Å². The van der Waals surface area contributed by atoms with Crippen LogP contribution in [0.3, 0.4) is 0 Å². The Kier molecular flexibility index (Phi) is 9.23. The first kappa shape index (κ1) is 32.1. The molecule has 0 saturated carbocycles. The van der Waals surface area contributed by atoms with Crippen molar-refractivity contribution in [2.45, 2.75) is 103 Å². The van der Waals surface area contributed by atoms with Gasteiger partial charge in [-0.2, -0.15) is 13.2 Å². The van der Waals surface area contributed by atoms with Crippen molar-refractivity contribution in [3.63, 3.8) is 0 Å². The van der Waals surface area contributed by atoms with Gasteiger partial charge >= 0.3 is 6.18 Å². The highest BCUT2D eigenvalue weighted by molar-refractivity contribution is 7.89. The molecule has 1 unspecified atom stereocenters. The lowest BCUT2D eigenvalue weighted by atomic mass is 9.85. The maximum atomic E-state index is 13.6. The third kappa shape index (κ3) is 7.67. The van der Waals surface area contributed by atoms with Crippen molar-refractivity contribution in [2.24, 2.45) is 5.92 Å². The van der Waals surface area contributed by atoms with Gasteiger partial charge < -0.3 is 14.6 Å². The van der Waals surface area contributed by atoms with E-state index < -0.39 is 33.1 Å². The number of sulfonamides is 1. The molecule has 40 heavy (non-hydrogen) atoms. The van der Waals surface area contributed by atoms with Crippen LogP contribution in [0, 0.1) is 12.8 Å². The first-order valence-electron chi connectivity index (χ1n) is 13.5. The molecule has 11 heteroatoms. The Morgan fingerprint density at radius 3 is 2.20 bits per heavy atom. The molecule has 2 N–H and O–H groups in total. The number of rotatable bonds is 7. The number of hydrogen-bond acceptors (Lipinski definition) is 4. The van der Waals surface area contributed by atoms with Crippen molar-refractivity contribution in [1.29, 1.82) is 0 Å². The lowest BCUT2D eigenvalue weighted by molar-refractivity contribution is -0.172. The van der Waals surface area contributed by atoms with Gasteiger partial charge in [0.25, 0.3) is 5.91 Å². The van der Waals surface area contributed by atoms with E-state index >= 15 is 0 Å². The molecule has 7 nitrogen and oxygen atoms in total. The summed E-state index contributed by atoms with van der Waals surface area (Å²) in [6, 6.07) is 6.33. The number of nitrogens with one attached hydrogen (secondary N) is 2. The Balaban J connectivity index is 2.16. The number of nitrogens with zero attached hydrogens (tertiary/aromatic N) is 1. The fourth-order valence-corrected chi connectivity index (χ4v) is 6.62. The molecule has 0 spiro atoms. The molecule has 1 atom stereocenters. The van der Waals surface area contributed by atoms with Gasteiger partial charge in [0.05, 0.1) is 16.4 Å². The van der Waals surface area contributed by atoms with Crippen molar-refractivity contribution >= 4 is 15.9 Å². The monoisotopic (exact) mass is 585 g/mol. The summed E-state index contributed by atoms with van der Waals surface area (Å²) in [6.07, 6.45) is -3.10. The van der Waals surface area contributed by atoms with Gasteiger partial charge in [0.2, 0.25) is 10.0 Å². The van der Waals surface area contributed by atoms with E-state index in [2.05, 4.69) is 10.0 Å². The maximum absolute atomic E-state index is 13.6. The van der Waals surface area contributed by atoms with Crippen LogP contribution in [-0.2, 0) is 26.7 Å². The Bertz CT molecular complexity index is 1330. The molecule has 2 aromatic rings. The molecule has 1 aromatic carbocycles. The summed E-state index contributed by atoms with van der Waals surface area (Å²) in [6.45, 7) is 14.3. The number of hydrogen-bond donors (Lipinski definition) is 2. The topological polar surface area (TPSA) is 89.4 Å². The van der Waals surface area contributed by atoms with Crippen molar-refractivity contribution < 1.29 is 31.1 Å². The van der Waals surface area contributed by atoms with Crippen LogP contribution in [0.25, 0.3) is 11.3 Å². The normalized spacial score (nSPS) is 16.7. The highest BCUT2D eigenvalue weighted by Crippen LogP contribution is 2.36. The number of aromatic nitrogens is 1. The number of benzene rings is 1. The van der Waals surface area contributed by atoms with Gasteiger partial charge in [-0.15, -0.1) is 0 Å². The molecular weight excluding hydrogens is 543 g/mol. The van der Waals surface area contributed by atoms with Crippen LogP contribution in [0.5, 0.6) is 0 Å². The van der Waals surface area contributed by atoms with E-state index in [0.29, 0.717) is 54.1 Å². The zero-order chi connectivity index (χ0) is 30.3. The second-order valence-corrected chi connectivity index (χ2v) is 14.4. The summed E-state index contributed by atoms with van der Waals surface area (Å²) >= 11 is 0. The van der Waals surface area contributed by atoms with E-state index in [1.807, 2.05) is 20.8 Å². The largest absolute Gasteiger partial charge is 0.393 e. The molecule has 1 amide bonds. The first-order valence-corrected chi connectivity index (χ1v) is 15.0. The number of carbonyl (C=O) groups excluding carboxylic acids is 1. The summed E-state index contributed by atoms with van der Waals surface area (Å²) in [4.78, 5) is 13.4. The zero-order valence-electron chi connectivity index (χ0n) is 24.6. The van der Waals surface area contributed by atoms with Gasteiger partial charge in [0.1, 0.15) is 0 Å². The molecule has 0 radical (unpaired) electrons. The molecule has 224 valence electrons. The third-order valence-electron chi connectivity index (χ3n) is 7.00. The summed E-state index contributed by atoms with van der Waals surface area (Å²) in [7, 11) is -3.89. The second kappa shape index (κ2) is 11.5. The molecule has 1 aromatic heterocycles. The fourth-order valence-electron chi connectivity index (χ4n) is 4.80. The van der Waals surface area contributed by atoms with E-state index in [9.17, 15) is 26.4 Å². The predicted molar refractivity (Wildman–Crippen MR) is 150 cm³/mol. The predicted octanol–water partition coefficient (Wildman–Crippen LogP) is 5.95. The molecule has 1 aliphatic heterocycles. The third-order valence-corrected chi connectivity index (χ3v) is 8.81. The Morgan fingerprint density at radius 2 is 1.68 bits per heavy atom. The minimum Gasteiger partial charge on any atom is -0.381 e. The Labute approximate surface area is 235 Å². The second-order valence-electron chi connectivity index (χ2n) is 12.8. The van der Waals surface area contributed by atoms with E-state index in [0.717, 1.165) is 6.92 Å². The van der Waals surface area contributed by atoms with Gasteiger partial charge in [-0.1, -0.05) is 33.8 Å². The highest BCUT2D eigenvalue weighted by atomic mass is 32.2. The van der Waals surface area contributed by atoms with Crippen LogP contribution in [0.1, 0.15) is 82.9 Å². The van der Waals surface area contributed by atoms with Crippen molar-refractivity contribution in [2.75, 3.05) is 13.2 Å². The first-order chi connectivity index (χ1) is 18.2. The molecule has 0 aliphatic carbocycles. The van der Waals surface area contributed by atoms with Crippen molar-refractivity contribution in [1.82, 2.24) is 14.6 Å². The van der Waals surface area contributed by atoms with E-state index in [-0.39, 0.29) is 23.4 Å². The van der Waals surface area contributed by atoms with Gasteiger partial charge in [-0.25, -0.2) is 13.1 Å². The van der Waals surface area contributed by atoms with Gasteiger partial charge in [-0.3, -0.25) is 4.79 Å². The molecule has 0 bridgehead atoms. The maximum Gasteiger partial charge on any atom is 0.393 e. The van der Waals surface area contributed by atoms with E-state index in [1.165, 1.54) is 10.6 Å². The van der Waals surface area contributed by atoms with Gasteiger partial charge in [0.15, 0.2) is 0 Å². The summed E-state index contributed by atoms with van der Waals surface area (Å²) in [5.41, 5.74) is 0.861. The minimum atomic E-state index is -4.42. The average Bonchev–Trinajstić information content (AvgIpc) is 3.12. The van der Waals surface area contributed by atoms with Crippen LogP contribution in [0.4, 0.5) is 13.2 Å². The summed E-state index contributed by atoms with van der Waals surface area (Å²) in [5, 5.41) is 3.00. The van der Waals surface area contributed by atoms with Crippen molar-refractivity contribution in [3.05, 3.63) is 41.1 Å². The van der Waals surface area contributed by atoms with Crippen LogP contribution in [0.15, 0.2) is 29.2 Å². The Morgan fingerprint density at radius 1 is 1.07 bits per heavy atom. The summed E-state index contributed by atoms with van der Waals surface area (Å²) < 4.78 is 77.1. The van der Waals surface area contributed by atoms with Gasteiger partial charge in [0, 0.05) is 42.7 Å². The standard InChI is InChI=1S/C29H42F3N3O4S/c1-18(29(30,31)32)17-35-19(2)22(26(36)33-21-11-13-39-14-12-21)16-24(35)20-9-10-25(23(15-20)27(3,4)5)40(37,38)34-28(6,7)8/h9-10,15-16,18,21,34H,11-14,17H2,1-8H3,(H,33,36). The number of ether oxygens (including phenoxy) is 1. The molecule has 2 heterocycles. The van der Waals surface area contributed by atoms with E-state index in [1.54, 1.807) is 45.9 Å². The molecule has 3 rings (SSSR count). The quantitative estimate of drug-likeness (QED) is 0.421. The SMILES string of the molecule is Cc1c(C(=O)NC2CCOCC2)cc(-c2ccc(S(=O)(=O)NC(C)(C)C)c(C(C)(C)C)c2)n1CC(C)C(F)(F)F. The van der Waals surface area contributed by atoms with Crippen LogP contribution in [-0.4, -0.2) is 49.9 Å². The number of halogens is 3. The average molecular weight is 586 g/mol. The Hall–Kier alpha value is -2.37. The zero-order valence-corrected chi connectivity index (χ0v) is 25.4. The smallest absolute Gasteiger partial charge is 0.381 e. The minimum absolute atomic E-state index is 0.0751. The van der Waals surface area contributed by atoms with E-state index in [4.69, 9.17) is 4.74 Å². The van der Waals surface area contributed by atoms with Crippen molar-refractivity contribution in [3.8, 4) is 11.3 Å². The lowest BCUT2D eigenvalue weighted by Gasteiger charge is -2.27. The summed E-state index contributed by atoms with van der Waals surface area (Å²) in [5.74, 6) is -2.02. The fraction of sp³-hybridized carbons (Fsp3) is 0.621. The number of carbonyl (C=O) groups is 1. The highest BCUT2D eigenvalue weighted by Gasteiger charge is 2.37. The lowest BCUT2D eigenvalue weighted by Crippen LogP contribution is -2.41. The number of alkyl halides is 3. The molecule has 1 aliphatic rings. The number of amides is 1. The van der Waals surface area contributed by atoms with Crippen LogP contribution >= 0.6 is 0 Å². The van der Waals surface area contributed by atoms with Crippen LogP contribution in [0.2, 0.25) is 0 Å². The molecule has 1 fully saturated rings.